The molecule has 2 aromatic rings. The number of hydrogen-bond donors (Lipinski definition) is 0. The number of carbonyl (C=O) groups is 1. The zero-order valence-electron chi connectivity index (χ0n) is 13.8. The van der Waals surface area contributed by atoms with E-state index in [0.29, 0.717) is 18.7 Å². The molecule has 0 saturated carbocycles. The number of aromatic nitrogens is 2. The van der Waals surface area contributed by atoms with Crippen LogP contribution in [0.25, 0.3) is 0 Å². The number of hydrogen-bond acceptors (Lipinski definition) is 3. The van der Waals surface area contributed by atoms with Gasteiger partial charge >= 0.3 is 6.18 Å². The van der Waals surface area contributed by atoms with Gasteiger partial charge in [0.2, 0.25) is 5.91 Å². The summed E-state index contributed by atoms with van der Waals surface area (Å²) in [7, 11) is 0. The fourth-order valence-corrected chi connectivity index (χ4v) is 3.46. The number of likely N-dealkylation sites (tertiary alicyclic amines) is 1. The summed E-state index contributed by atoms with van der Waals surface area (Å²) in [5.41, 5.74) is 0.325. The van der Waals surface area contributed by atoms with Crippen molar-refractivity contribution in [3.63, 3.8) is 0 Å². The number of amides is 1. The Kier molecular flexibility index (Phi) is 5.46. The quantitative estimate of drug-likeness (QED) is 0.801. The predicted octanol–water partition coefficient (Wildman–Crippen LogP) is 4.10. The van der Waals surface area contributed by atoms with Crippen LogP contribution in [0.2, 0.25) is 5.02 Å². The summed E-state index contributed by atoms with van der Waals surface area (Å²) in [5, 5.41) is -0.491. The van der Waals surface area contributed by atoms with E-state index >= 15 is 0 Å². The Hall–Kier alpha value is -2.15. The molecule has 4 nitrogen and oxygen atoms in total. The van der Waals surface area contributed by atoms with Crippen molar-refractivity contribution in [3.05, 3.63) is 58.6 Å². The molecule has 3 heterocycles. The molecule has 1 amide bonds. The molecule has 26 heavy (non-hydrogen) atoms. The molecule has 0 aromatic carbocycles. The Balaban J connectivity index is 1.67. The zero-order valence-corrected chi connectivity index (χ0v) is 14.6. The van der Waals surface area contributed by atoms with E-state index < -0.39 is 16.9 Å². The molecule has 0 N–H and O–H groups in total. The average Bonchev–Trinajstić information content (AvgIpc) is 2.61. The second-order valence-electron chi connectivity index (χ2n) is 6.31. The van der Waals surface area contributed by atoms with Gasteiger partial charge in [0.25, 0.3) is 0 Å². The van der Waals surface area contributed by atoms with Gasteiger partial charge in [0.1, 0.15) is 0 Å². The fraction of sp³-hybridized carbons (Fsp3) is 0.389. The van der Waals surface area contributed by atoms with Crippen molar-refractivity contribution in [3.8, 4) is 0 Å². The molecule has 1 fully saturated rings. The van der Waals surface area contributed by atoms with Gasteiger partial charge in [-0.05, 0) is 36.1 Å². The van der Waals surface area contributed by atoms with Gasteiger partial charge in [-0.2, -0.15) is 13.2 Å². The summed E-state index contributed by atoms with van der Waals surface area (Å²) in [6, 6.07) is 5.02. The lowest BCUT2D eigenvalue weighted by Gasteiger charge is -2.33. The average molecular weight is 384 g/mol. The van der Waals surface area contributed by atoms with E-state index in [4.69, 9.17) is 11.6 Å². The van der Waals surface area contributed by atoms with Gasteiger partial charge in [-0.1, -0.05) is 17.7 Å². The SMILES string of the molecule is O=C(Cc1cnc(C(F)(F)F)c(Cl)c1)N1CCCC(c2cccnc2)C1. The lowest BCUT2D eigenvalue weighted by Crippen LogP contribution is -2.40. The van der Waals surface area contributed by atoms with E-state index in [-0.39, 0.29) is 18.2 Å². The molecule has 138 valence electrons. The highest BCUT2D eigenvalue weighted by molar-refractivity contribution is 6.31. The van der Waals surface area contributed by atoms with Crippen molar-refractivity contribution in [1.29, 1.82) is 0 Å². The first kappa shape index (κ1) is 18.6. The highest BCUT2D eigenvalue weighted by Crippen LogP contribution is 2.33. The van der Waals surface area contributed by atoms with Crippen LogP contribution < -0.4 is 0 Å². The van der Waals surface area contributed by atoms with Crippen molar-refractivity contribution in [1.82, 2.24) is 14.9 Å². The zero-order chi connectivity index (χ0) is 18.7. The second kappa shape index (κ2) is 7.61. The normalized spacial score (nSPS) is 18.0. The Labute approximate surface area is 154 Å². The Bertz CT molecular complexity index is 783. The van der Waals surface area contributed by atoms with Gasteiger partial charge in [0.15, 0.2) is 5.69 Å². The maximum Gasteiger partial charge on any atom is 0.434 e. The molecular formula is C18H17ClF3N3O. The molecule has 3 rings (SSSR count). The lowest BCUT2D eigenvalue weighted by molar-refractivity contribution is -0.141. The minimum Gasteiger partial charge on any atom is -0.342 e. The van der Waals surface area contributed by atoms with Crippen molar-refractivity contribution >= 4 is 17.5 Å². The number of pyridine rings is 2. The van der Waals surface area contributed by atoms with Gasteiger partial charge < -0.3 is 4.90 Å². The van der Waals surface area contributed by atoms with Gasteiger partial charge in [-0.25, -0.2) is 0 Å². The Morgan fingerprint density at radius 3 is 2.81 bits per heavy atom. The maximum absolute atomic E-state index is 12.7. The van der Waals surface area contributed by atoms with Crippen molar-refractivity contribution < 1.29 is 18.0 Å². The van der Waals surface area contributed by atoms with E-state index in [1.165, 1.54) is 0 Å². The Morgan fingerprint density at radius 1 is 1.35 bits per heavy atom. The van der Waals surface area contributed by atoms with Crippen LogP contribution in [-0.2, 0) is 17.4 Å². The monoisotopic (exact) mass is 383 g/mol. The summed E-state index contributed by atoms with van der Waals surface area (Å²) in [6.45, 7) is 1.21. The van der Waals surface area contributed by atoms with Crippen molar-refractivity contribution in [2.24, 2.45) is 0 Å². The number of nitrogens with zero attached hydrogens (tertiary/aromatic N) is 3. The number of rotatable bonds is 3. The molecule has 1 saturated heterocycles. The Morgan fingerprint density at radius 2 is 2.15 bits per heavy atom. The van der Waals surface area contributed by atoms with Crippen LogP contribution in [0.3, 0.4) is 0 Å². The smallest absolute Gasteiger partial charge is 0.342 e. The van der Waals surface area contributed by atoms with Crippen molar-refractivity contribution in [2.75, 3.05) is 13.1 Å². The molecule has 0 radical (unpaired) electrons. The predicted molar refractivity (Wildman–Crippen MR) is 90.7 cm³/mol. The fourth-order valence-electron chi connectivity index (χ4n) is 3.16. The third-order valence-corrected chi connectivity index (χ3v) is 4.74. The number of piperidine rings is 1. The summed E-state index contributed by atoms with van der Waals surface area (Å²) in [5.74, 6) is 0.0759. The molecule has 0 spiro atoms. The van der Waals surface area contributed by atoms with Crippen LogP contribution >= 0.6 is 11.6 Å². The second-order valence-corrected chi connectivity index (χ2v) is 6.72. The van der Waals surface area contributed by atoms with Gasteiger partial charge in [-0.15, -0.1) is 0 Å². The summed E-state index contributed by atoms with van der Waals surface area (Å²) >= 11 is 5.67. The van der Waals surface area contributed by atoms with Crippen molar-refractivity contribution in [2.45, 2.75) is 31.4 Å². The maximum atomic E-state index is 12.7. The van der Waals surface area contributed by atoms with Gasteiger partial charge in [0, 0.05) is 37.6 Å². The minimum absolute atomic E-state index is 0.0232. The molecule has 8 heteroatoms. The first-order chi connectivity index (χ1) is 12.3. The third kappa shape index (κ3) is 4.33. The number of carbonyl (C=O) groups excluding carboxylic acids is 1. The highest BCUT2D eigenvalue weighted by Gasteiger charge is 2.35. The molecule has 2 aromatic heterocycles. The van der Waals surface area contributed by atoms with Crippen LogP contribution in [0, 0.1) is 0 Å². The van der Waals surface area contributed by atoms with E-state index in [1.54, 1.807) is 17.3 Å². The summed E-state index contributed by atoms with van der Waals surface area (Å²) < 4.78 is 38.1. The number of halogens is 4. The summed E-state index contributed by atoms with van der Waals surface area (Å²) in [6.07, 6.45) is 1.79. The molecule has 1 unspecified atom stereocenters. The third-order valence-electron chi connectivity index (χ3n) is 4.45. The molecule has 1 aliphatic rings. The van der Waals surface area contributed by atoms with Crippen LogP contribution in [-0.4, -0.2) is 33.9 Å². The largest absolute Gasteiger partial charge is 0.434 e. The molecule has 1 aliphatic heterocycles. The van der Waals surface area contributed by atoms with E-state index in [1.807, 2.05) is 12.1 Å². The molecule has 1 atom stereocenters. The van der Waals surface area contributed by atoms with Gasteiger partial charge in [0.05, 0.1) is 11.4 Å². The topological polar surface area (TPSA) is 46.1 Å². The molecule has 0 aliphatic carbocycles. The van der Waals surface area contributed by atoms with Crippen LogP contribution in [0.1, 0.15) is 35.6 Å². The lowest BCUT2D eigenvalue weighted by atomic mass is 9.91. The first-order valence-corrected chi connectivity index (χ1v) is 8.61. The van der Waals surface area contributed by atoms with Crippen LogP contribution in [0.15, 0.2) is 36.8 Å². The standard InChI is InChI=1S/C18H17ClF3N3O/c19-15-7-12(9-24-17(15)18(20,21)22)8-16(26)25-6-2-4-14(11-25)13-3-1-5-23-10-13/h1,3,5,7,9-10,14H,2,4,6,8,11H2. The first-order valence-electron chi connectivity index (χ1n) is 8.24. The van der Waals surface area contributed by atoms with Crippen LogP contribution in [0.4, 0.5) is 13.2 Å². The van der Waals surface area contributed by atoms with E-state index in [0.717, 1.165) is 30.7 Å². The molecule has 0 bridgehead atoms. The van der Waals surface area contributed by atoms with E-state index in [2.05, 4.69) is 9.97 Å². The van der Waals surface area contributed by atoms with Crippen LogP contribution in [0.5, 0.6) is 0 Å². The number of alkyl halides is 3. The van der Waals surface area contributed by atoms with Gasteiger partial charge in [-0.3, -0.25) is 14.8 Å². The highest BCUT2D eigenvalue weighted by atomic mass is 35.5. The summed E-state index contributed by atoms with van der Waals surface area (Å²) in [4.78, 5) is 21.8. The van der Waals surface area contributed by atoms with E-state index in [9.17, 15) is 18.0 Å². The minimum atomic E-state index is -4.61. The molecular weight excluding hydrogens is 367 g/mol.